The van der Waals surface area contributed by atoms with Gasteiger partial charge in [-0.15, -0.1) is 0 Å². The first kappa shape index (κ1) is 34.8. The van der Waals surface area contributed by atoms with Crippen molar-refractivity contribution in [2.45, 2.75) is 59.1 Å². The maximum Gasteiger partial charge on any atom is 0.554 e. The zero-order valence-corrected chi connectivity index (χ0v) is 23.7. The zero-order valence-electron chi connectivity index (χ0n) is 23.7. The summed E-state index contributed by atoms with van der Waals surface area (Å²) in [6.45, 7) is 13.3. The average Bonchev–Trinajstić information content (AvgIpc) is 2.85. The third-order valence-electron chi connectivity index (χ3n) is 5.65. The van der Waals surface area contributed by atoms with Crippen molar-refractivity contribution in [2.24, 2.45) is 5.41 Å². The Bertz CT molecular complexity index is 471. The molecule has 0 heterocycles. The quantitative estimate of drug-likeness (QED) is 0.161. The summed E-state index contributed by atoms with van der Waals surface area (Å²) >= 11 is 0. The first-order valence-electron chi connectivity index (χ1n) is 12.3. The molecule has 0 aliphatic carbocycles. The minimum atomic E-state index is -0.475. The fourth-order valence-electron chi connectivity index (χ4n) is 3.33. The number of nitrogens with one attached hydrogen (secondary N) is 3. The van der Waals surface area contributed by atoms with E-state index in [0.29, 0.717) is 39.6 Å². The van der Waals surface area contributed by atoms with Crippen LogP contribution in [0.25, 0.3) is 0 Å². The molecule has 0 fully saturated rings. The second-order valence-electron chi connectivity index (χ2n) is 9.09. The van der Waals surface area contributed by atoms with Crippen LogP contribution in [0.15, 0.2) is 0 Å². The van der Waals surface area contributed by atoms with Crippen LogP contribution in [0.1, 0.15) is 34.1 Å². The minimum Gasteiger partial charge on any atom is -0.424 e. The zero-order chi connectivity index (χ0) is 26.7. The lowest BCUT2D eigenvalue weighted by molar-refractivity contribution is -0.0767. The molecule has 14 heteroatoms. The highest BCUT2D eigenvalue weighted by Crippen LogP contribution is 2.24. The van der Waals surface area contributed by atoms with Crippen molar-refractivity contribution in [1.29, 1.82) is 0 Å². The summed E-state index contributed by atoms with van der Waals surface area (Å²) < 4.78 is 44.4. The third-order valence-corrected chi connectivity index (χ3v) is 5.65. The van der Waals surface area contributed by atoms with Gasteiger partial charge in [-0.3, -0.25) is 10.5 Å². The summed E-state index contributed by atoms with van der Waals surface area (Å²) in [6, 6.07) is 0.232. The second-order valence-corrected chi connectivity index (χ2v) is 9.09. The Morgan fingerprint density at radius 3 is 1.23 bits per heavy atom. The molecule has 3 N–H and O–H groups in total. The minimum absolute atomic E-state index is 0.0368. The topological polar surface area (TPSA) is 110 Å². The molecule has 3 unspecified atom stereocenters. The molecule has 0 aliphatic heterocycles. The lowest BCUT2D eigenvalue weighted by Gasteiger charge is -2.33. The number of hydrogen-bond donors (Lipinski definition) is 3. The van der Waals surface area contributed by atoms with Crippen molar-refractivity contribution >= 4 is 21.6 Å². The molecule has 0 rings (SSSR count). The van der Waals surface area contributed by atoms with Crippen LogP contribution in [0.3, 0.4) is 0 Å². The van der Waals surface area contributed by atoms with Crippen LogP contribution in [0.4, 0.5) is 0 Å². The Balaban J connectivity index is 4.92. The first-order valence-corrected chi connectivity index (χ1v) is 12.3. The number of rotatable bonds is 24. The molecule has 0 aliphatic rings. The molecule has 0 saturated heterocycles. The van der Waals surface area contributed by atoms with Crippen LogP contribution in [-0.2, 0) is 37.5 Å². The Hall–Kier alpha value is -0.245. The van der Waals surface area contributed by atoms with E-state index in [1.165, 1.54) is 0 Å². The molecule has 11 nitrogen and oxygen atoms in total. The molecule has 0 bridgehead atoms. The van der Waals surface area contributed by atoms with Crippen LogP contribution >= 0.6 is 0 Å². The van der Waals surface area contributed by atoms with Crippen LogP contribution in [0, 0.1) is 5.41 Å². The summed E-state index contributed by atoms with van der Waals surface area (Å²) in [5.41, 5.74) is -0.296. The van der Waals surface area contributed by atoms with Gasteiger partial charge in [0.25, 0.3) is 0 Å². The summed E-state index contributed by atoms with van der Waals surface area (Å²) in [4.78, 5) is 0. The molecule has 35 heavy (non-hydrogen) atoms. The van der Waals surface area contributed by atoms with Gasteiger partial charge in [0.1, 0.15) is 0 Å². The predicted molar refractivity (Wildman–Crippen MR) is 141 cm³/mol. The molecule has 0 amide bonds. The highest BCUT2D eigenvalue weighted by molar-refractivity contribution is 6.47. The molecular formula is C21H50B3N3O8. The van der Waals surface area contributed by atoms with E-state index in [-0.39, 0.29) is 30.6 Å². The normalized spacial score (nSPS) is 15.9. The number of hydrogen-bond acceptors (Lipinski definition) is 11. The Kier molecular flexibility index (Phi) is 20.6. The maximum absolute atomic E-state index is 6.12. The molecule has 0 aromatic carbocycles. The van der Waals surface area contributed by atoms with Gasteiger partial charge in [-0.05, 0) is 34.0 Å². The molecule has 206 valence electrons. The smallest absolute Gasteiger partial charge is 0.424 e. The lowest BCUT2D eigenvalue weighted by atomic mass is 9.86. The highest BCUT2D eigenvalue weighted by Gasteiger charge is 2.31. The SMILES string of the molecule is CCC(COCC(C)NB(C)OC)(COCC(C)NB(OC)OC)COCC(C)NB(OC)OC. The van der Waals surface area contributed by atoms with E-state index in [2.05, 4.69) is 29.5 Å². The van der Waals surface area contributed by atoms with Crippen molar-refractivity contribution in [3.63, 3.8) is 0 Å². The van der Waals surface area contributed by atoms with Gasteiger partial charge in [-0.1, -0.05) is 6.92 Å². The Labute approximate surface area is 214 Å². The van der Waals surface area contributed by atoms with E-state index in [9.17, 15) is 0 Å². The molecular weight excluding hydrogens is 455 g/mol. The van der Waals surface area contributed by atoms with E-state index < -0.39 is 14.5 Å². The van der Waals surface area contributed by atoms with Gasteiger partial charge in [0.2, 0.25) is 0 Å². The van der Waals surface area contributed by atoms with Crippen LogP contribution in [-0.4, -0.2) is 115 Å². The van der Waals surface area contributed by atoms with Crippen LogP contribution in [0.2, 0.25) is 6.82 Å². The van der Waals surface area contributed by atoms with Gasteiger partial charge in [-0.2, -0.15) is 0 Å². The standard InChI is InChI=1S/C21H50B3N3O8/c1-11-21(15-33-12-18(2)25-22(5)28-6,16-34-13-19(3)26-23(29-7)30-8)17-35-14-20(4)27-24(31-9)32-10/h18-20,25-27H,11-17H2,1-10H3. The Morgan fingerprint density at radius 1 is 0.600 bits per heavy atom. The highest BCUT2D eigenvalue weighted by atomic mass is 16.6. The van der Waals surface area contributed by atoms with Crippen molar-refractivity contribution in [1.82, 2.24) is 15.7 Å². The lowest BCUT2D eigenvalue weighted by Crippen LogP contribution is -2.47. The molecule has 0 spiro atoms. The van der Waals surface area contributed by atoms with Gasteiger partial charge in [0, 0.05) is 59.1 Å². The van der Waals surface area contributed by atoms with Crippen molar-refractivity contribution in [3.05, 3.63) is 0 Å². The van der Waals surface area contributed by atoms with E-state index in [4.69, 9.17) is 37.5 Å². The van der Waals surface area contributed by atoms with Gasteiger partial charge in [-0.25, -0.2) is 0 Å². The molecule has 0 aromatic rings. The van der Waals surface area contributed by atoms with E-state index >= 15 is 0 Å². The van der Waals surface area contributed by atoms with Crippen molar-refractivity contribution in [2.75, 3.05) is 75.2 Å². The summed E-state index contributed by atoms with van der Waals surface area (Å²) in [7, 11) is 7.05. The van der Waals surface area contributed by atoms with E-state index in [0.717, 1.165) is 6.42 Å². The summed E-state index contributed by atoms with van der Waals surface area (Å²) in [5, 5.41) is 9.75. The Morgan fingerprint density at radius 2 is 0.943 bits per heavy atom. The predicted octanol–water partition coefficient (Wildman–Crippen LogP) is 0.687. The summed E-state index contributed by atoms with van der Waals surface area (Å²) in [6.07, 6.45) is 0.838. The first-order chi connectivity index (χ1) is 16.7. The molecule has 0 aromatic heterocycles. The van der Waals surface area contributed by atoms with Gasteiger partial charge >= 0.3 is 21.6 Å². The fourth-order valence-corrected chi connectivity index (χ4v) is 3.33. The van der Waals surface area contributed by atoms with E-state index in [1.807, 2.05) is 20.7 Å². The van der Waals surface area contributed by atoms with Crippen molar-refractivity contribution in [3.8, 4) is 0 Å². The fraction of sp³-hybridized carbons (Fsp3) is 1.00. The van der Waals surface area contributed by atoms with Crippen LogP contribution in [0.5, 0.6) is 0 Å². The maximum atomic E-state index is 6.12. The molecule has 3 atom stereocenters. The van der Waals surface area contributed by atoms with Crippen LogP contribution < -0.4 is 15.7 Å². The van der Waals surface area contributed by atoms with Gasteiger partial charge in [0.15, 0.2) is 0 Å². The second kappa shape index (κ2) is 20.8. The monoisotopic (exact) mass is 505 g/mol. The van der Waals surface area contributed by atoms with E-state index in [1.54, 1.807) is 35.5 Å². The van der Waals surface area contributed by atoms with Gasteiger partial charge < -0.3 is 42.7 Å². The van der Waals surface area contributed by atoms with Gasteiger partial charge in [0.05, 0.1) is 39.6 Å². The molecule has 0 radical (unpaired) electrons. The molecule has 0 saturated carbocycles. The summed E-state index contributed by atoms with van der Waals surface area (Å²) in [5.74, 6) is 0. The average molecular weight is 505 g/mol. The number of ether oxygens (including phenoxy) is 3. The van der Waals surface area contributed by atoms with Crippen molar-refractivity contribution < 1.29 is 37.5 Å². The third kappa shape index (κ3) is 16.3. The largest absolute Gasteiger partial charge is 0.554 e.